The van der Waals surface area contributed by atoms with Gasteiger partial charge < -0.3 is 0 Å². The second kappa shape index (κ2) is 4.84. The minimum atomic E-state index is -2.59. The standard InChI is InChI=1S/C12H11ClF2N2/c1-8-4-2-3-5-9(8)7-17-11(13)6-10(16-17)12(14)15/h2-6,12H,7H2,1H3. The summed E-state index contributed by atoms with van der Waals surface area (Å²) >= 11 is 5.86. The lowest BCUT2D eigenvalue weighted by Gasteiger charge is -2.06. The zero-order chi connectivity index (χ0) is 12.4. The van der Waals surface area contributed by atoms with Gasteiger partial charge >= 0.3 is 0 Å². The molecule has 0 radical (unpaired) electrons. The Balaban J connectivity index is 2.27. The van der Waals surface area contributed by atoms with Gasteiger partial charge in [-0.25, -0.2) is 13.5 Å². The first-order valence-electron chi connectivity index (χ1n) is 5.14. The quantitative estimate of drug-likeness (QED) is 0.816. The summed E-state index contributed by atoms with van der Waals surface area (Å²) in [5.41, 5.74) is 1.81. The van der Waals surface area contributed by atoms with Crippen molar-refractivity contribution in [2.24, 2.45) is 0 Å². The monoisotopic (exact) mass is 256 g/mol. The van der Waals surface area contributed by atoms with Crippen LogP contribution >= 0.6 is 11.6 Å². The van der Waals surface area contributed by atoms with Crippen molar-refractivity contribution in [3.05, 3.63) is 52.3 Å². The van der Waals surface area contributed by atoms with Gasteiger partial charge in [-0.15, -0.1) is 0 Å². The number of halogens is 3. The summed E-state index contributed by atoms with van der Waals surface area (Å²) in [6.07, 6.45) is -2.59. The third-order valence-corrected chi connectivity index (χ3v) is 2.86. The first kappa shape index (κ1) is 12.0. The van der Waals surface area contributed by atoms with Crippen molar-refractivity contribution in [1.29, 1.82) is 0 Å². The molecule has 0 aliphatic rings. The summed E-state index contributed by atoms with van der Waals surface area (Å²) in [5, 5.41) is 4.01. The molecule has 0 N–H and O–H groups in total. The Morgan fingerprint density at radius 3 is 2.65 bits per heavy atom. The molecule has 0 spiro atoms. The largest absolute Gasteiger partial charge is 0.282 e. The van der Waals surface area contributed by atoms with Crippen LogP contribution in [-0.4, -0.2) is 9.78 Å². The Morgan fingerprint density at radius 2 is 2.06 bits per heavy atom. The van der Waals surface area contributed by atoms with Crippen LogP contribution in [0, 0.1) is 6.92 Å². The Labute approximate surface area is 103 Å². The first-order chi connectivity index (χ1) is 8.08. The molecule has 0 saturated carbocycles. The Morgan fingerprint density at radius 1 is 1.35 bits per heavy atom. The topological polar surface area (TPSA) is 17.8 Å². The summed E-state index contributed by atoms with van der Waals surface area (Å²) in [5.74, 6) is 0. The lowest BCUT2D eigenvalue weighted by Crippen LogP contribution is -2.04. The van der Waals surface area contributed by atoms with Gasteiger partial charge in [0.05, 0.1) is 6.54 Å². The van der Waals surface area contributed by atoms with Crippen molar-refractivity contribution in [3.63, 3.8) is 0 Å². The van der Waals surface area contributed by atoms with Crippen LogP contribution in [0.3, 0.4) is 0 Å². The third kappa shape index (κ3) is 2.64. The van der Waals surface area contributed by atoms with Crippen LogP contribution < -0.4 is 0 Å². The SMILES string of the molecule is Cc1ccccc1Cn1nc(C(F)F)cc1Cl. The molecule has 90 valence electrons. The average Bonchev–Trinajstić information content (AvgIpc) is 2.64. The van der Waals surface area contributed by atoms with Crippen molar-refractivity contribution < 1.29 is 8.78 Å². The van der Waals surface area contributed by atoms with E-state index in [9.17, 15) is 8.78 Å². The Bertz CT molecular complexity index is 523. The van der Waals surface area contributed by atoms with Crippen molar-refractivity contribution in [1.82, 2.24) is 9.78 Å². The molecule has 0 aliphatic heterocycles. The van der Waals surface area contributed by atoms with Crippen LogP contribution in [0.4, 0.5) is 8.78 Å². The van der Waals surface area contributed by atoms with Crippen LogP contribution in [0.25, 0.3) is 0 Å². The first-order valence-corrected chi connectivity index (χ1v) is 5.51. The number of rotatable bonds is 3. The molecular weight excluding hydrogens is 246 g/mol. The maximum atomic E-state index is 12.4. The van der Waals surface area contributed by atoms with Crippen molar-refractivity contribution >= 4 is 11.6 Å². The van der Waals surface area contributed by atoms with E-state index < -0.39 is 6.43 Å². The van der Waals surface area contributed by atoms with Crippen molar-refractivity contribution in [2.75, 3.05) is 0 Å². The average molecular weight is 257 g/mol. The van der Waals surface area contributed by atoms with E-state index in [1.54, 1.807) is 0 Å². The van der Waals surface area contributed by atoms with Crippen LogP contribution in [0.5, 0.6) is 0 Å². The number of hydrogen-bond acceptors (Lipinski definition) is 1. The molecule has 0 unspecified atom stereocenters. The molecule has 0 fully saturated rings. The van der Waals surface area contributed by atoms with E-state index in [0.29, 0.717) is 6.54 Å². The summed E-state index contributed by atoms with van der Waals surface area (Å²) in [6.45, 7) is 2.36. The highest BCUT2D eigenvalue weighted by molar-refractivity contribution is 6.29. The van der Waals surface area contributed by atoms with Crippen molar-refractivity contribution in [3.8, 4) is 0 Å². The van der Waals surface area contributed by atoms with Gasteiger partial charge in [0, 0.05) is 6.07 Å². The highest BCUT2D eigenvalue weighted by Gasteiger charge is 2.14. The number of hydrogen-bond donors (Lipinski definition) is 0. The maximum Gasteiger partial charge on any atom is 0.282 e. The van der Waals surface area contributed by atoms with Crippen LogP contribution in [0.15, 0.2) is 30.3 Å². The van der Waals surface area contributed by atoms with Gasteiger partial charge in [0.2, 0.25) is 0 Å². The molecule has 1 heterocycles. The van der Waals surface area contributed by atoms with E-state index in [-0.39, 0.29) is 10.8 Å². The molecule has 2 aromatic rings. The van der Waals surface area contributed by atoms with Gasteiger partial charge in [0.15, 0.2) is 0 Å². The van der Waals surface area contributed by atoms with E-state index >= 15 is 0 Å². The van der Waals surface area contributed by atoms with E-state index in [1.807, 2.05) is 31.2 Å². The molecule has 0 aliphatic carbocycles. The predicted octanol–water partition coefficient (Wildman–Crippen LogP) is 3.83. The Hall–Kier alpha value is -1.42. The lowest BCUT2D eigenvalue weighted by molar-refractivity contribution is 0.145. The Kier molecular flexibility index (Phi) is 3.43. The zero-order valence-electron chi connectivity index (χ0n) is 9.20. The predicted molar refractivity (Wildman–Crippen MR) is 62.5 cm³/mol. The fourth-order valence-electron chi connectivity index (χ4n) is 1.58. The van der Waals surface area contributed by atoms with Gasteiger partial charge in [0.1, 0.15) is 10.8 Å². The maximum absolute atomic E-state index is 12.4. The second-order valence-electron chi connectivity index (χ2n) is 3.78. The normalized spacial score (nSPS) is 11.1. The highest BCUT2D eigenvalue weighted by Crippen LogP contribution is 2.22. The molecule has 0 bridgehead atoms. The molecule has 5 heteroatoms. The minimum absolute atomic E-state index is 0.226. The zero-order valence-corrected chi connectivity index (χ0v) is 9.96. The second-order valence-corrected chi connectivity index (χ2v) is 4.16. The van der Waals surface area contributed by atoms with Gasteiger partial charge in [-0.05, 0) is 18.1 Å². The fourth-order valence-corrected chi connectivity index (χ4v) is 1.79. The molecule has 2 nitrogen and oxygen atoms in total. The fraction of sp³-hybridized carbons (Fsp3) is 0.250. The molecule has 17 heavy (non-hydrogen) atoms. The summed E-state index contributed by atoms with van der Waals surface area (Å²) in [7, 11) is 0. The summed E-state index contributed by atoms with van der Waals surface area (Å²) in [6, 6.07) is 8.91. The summed E-state index contributed by atoms with van der Waals surface area (Å²) in [4.78, 5) is 0. The number of nitrogens with zero attached hydrogens (tertiary/aromatic N) is 2. The number of aryl methyl sites for hydroxylation is 1. The minimum Gasteiger partial charge on any atom is -0.249 e. The molecule has 0 saturated heterocycles. The van der Waals surface area contributed by atoms with E-state index in [2.05, 4.69) is 5.10 Å². The molecule has 2 rings (SSSR count). The van der Waals surface area contributed by atoms with E-state index in [0.717, 1.165) is 11.1 Å². The molecule has 0 atom stereocenters. The van der Waals surface area contributed by atoms with Gasteiger partial charge in [-0.3, -0.25) is 0 Å². The molecule has 1 aromatic carbocycles. The highest BCUT2D eigenvalue weighted by atomic mass is 35.5. The summed E-state index contributed by atoms with van der Waals surface area (Å²) < 4.78 is 26.3. The molecule has 0 amide bonds. The van der Waals surface area contributed by atoms with Gasteiger partial charge in [0.25, 0.3) is 6.43 Å². The van der Waals surface area contributed by atoms with E-state index in [4.69, 9.17) is 11.6 Å². The van der Waals surface area contributed by atoms with Crippen LogP contribution in [0.1, 0.15) is 23.2 Å². The molecular formula is C12H11ClF2N2. The van der Waals surface area contributed by atoms with Gasteiger partial charge in [-0.1, -0.05) is 35.9 Å². The number of alkyl halides is 2. The molecule has 1 aromatic heterocycles. The lowest BCUT2D eigenvalue weighted by atomic mass is 10.1. The van der Waals surface area contributed by atoms with Crippen molar-refractivity contribution in [2.45, 2.75) is 19.9 Å². The van der Waals surface area contributed by atoms with Crippen LogP contribution in [-0.2, 0) is 6.54 Å². The number of benzene rings is 1. The van der Waals surface area contributed by atoms with Crippen LogP contribution in [0.2, 0.25) is 5.15 Å². The van der Waals surface area contributed by atoms with Gasteiger partial charge in [-0.2, -0.15) is 5.10 Å². The third-order valence-electron chi connectivity index (χ3n) is 2.55. The van der Waals surface area contributed by atoms with E-state index in [1.165, 1.54) is 10.7 Å². The smallest absolute Gasteiger partial charge is 0.249 e. The number of aromatic nitrogens is 2.